The van der Waals surface area contributed by atoms with E-state index in [0.29, 0.717) is 0 Å². The Labute approximate surface area is 312 Å². The molecule has 258 valence electrons. The first-order valence-corrected chi connectivity index (χ1v) is 20.1. The molecule has 6 rings (SSSR count). The largest absolute Gasteiger partial charge is 0.374 e. The van der Waals surface area contributed by atoms with Crippen LogP contribution in [0, 0.1) is 0 Å². The first-order chi connectivity index (χ1) is 25.1. The van der Waals surface area contributed by atoms with Crippen molar-refractivity contribution in [1.29, 1.82) is 0 Å². The smallest absolute Gasteiger partial charge is 0.173 e. The zero-order chi connectivity index (χ0) is 35.1. The van der Waals surface area contributed by atoms with Crippen molar-refractivity contribution in [3.8, 4) is 0 Å². The molecular weight excluding hydrogens is 661 g/mol. The molecule has 0 bridgehead atoms. The van der Waals surface area contributed by atoms with Gasteiger partial charge in [0.05, 0.1) is 6.20 Å². The van der Waals surface area contributed by atoms with Crippen molar-refractivity contribution < 1.29 is 9.47 Å². The van der Waals surface area contributed by atoms with E-state index in [-0.39, 0.29) is 0 Å². The zero-order valence-corrected chi connectivity index (χ0v) is 31.3. The highest BCUT2D eigenvalue weighted by Gasteiger charge is 2.10. The van der Waals surface area contributed by atoms with Crippen molar-refractivity contribution in [3.63, 3.8) is 0 Å². The molecular formula is C45H48N4S2+2. The van der Waals surface area contributed by atoms with Crippen LogP contribution >= 0.6 is 21.6 Å². The van der Waals surface area contributed by atoms with Crippen LogP contribution in [0.3, 0.4) is 0 Å². The molecule has 1 aliphatic heterocycles. The fraction of sp³-hybridized carbons (Fsp3) is 0.178. The molecule has 0 saturated heterocycles. The number of quaternary nitrogens is 1. The van der Waals surface area contributed by atoms with Crippen molar-refractivity contribution >= 4 is 51.2 Å². The van der Waals surface area contributed by atoms with Gasteiger partial charge in [-0.2, -0.15) is 0 Å². The van der Waals surface area contributed by atoms with Crippen molar-refractivity contribution in [2.45, 2.75) is 13.1 Å². The van der Waals surface area contributed by atoms with Crippen molar-refractivity contribution in [3.05, 3.63) is 192 Å². The van der Waals surface area contributed by atoms with Crippen molar-refractivity contribution in [2.24, 2.45) is 0 Å². The molecule has 2 heterocycles. The van der Waals surface area contributed by atoms with Gasteiger partial charge in [0.25, 0.3) is 0 Å². The number of rotatable bonds is 17. The van der Waals surface area contributed by atoms with E-state index in [2.05, 4.69) is 205 Å². The Morgan fingerprint density at radius 2 is 1.06 bits per heavy atom. The summed E-state index contributed by atoms with van der Waals surface area (Å²) in [6.45, 7) is 3.90. The summed E-state index contributed by atoms with van der Waals surface area (Å²) in [7, 11) is 8.28. The van der Waals surface area contributed by atoms with Gasteiger partial charge in [-0.25, -0.2) is 4.57 Å². The minimum absolute atomic E-state index is 0.885. The summed E-state index contributed by atoms with van der Waals surface area (Å²) in [6, 6.07) is 43.3. The average Bonchev–Trinajstić information content (AvgIpc) is 3.63. The van der Waals surface area contributed by atoms with Gasteiger partial charge in [-0.15, -0.1) is 0 Å². The predicted molar refractivity (Wildman–Crippen MR) is 223 cm³/mol. The van der Waals surface area contributed by atoms with E-state index in [9.17, 15) is 0 Å². The Bertz CT molecular complexity index is 1900. The molecule has 5 aromatic rings. The number of pyridine rings is 1. The van der Waals surface area contributed by atoms with E-state index in [1.807, 2.05) is 21.6 Å². The van der Waals surface area contributed by atoms with Crippen LogP contribution in [0.2, 0.25) is 0 Å². The lowest BCUT2D eigenvalue weighted by molar-refractivity contribution is -0.803. The second kappa shape index (κ2) is 19.0. The molecule has 1 N–H and O–H groups in total. The minimum atomic E-state index is 0.885. The highest BCUT2D eigenvalue weighted by molar-refractivity contribution is 8.76. The number of nitrogens with zero attached hydrogens (tertiary/aromatic N) is 3. The molecule has 4 aromatic carbocycles. The average molecular weight is 709 g/mol. The van der Waals surface area contributed by atoms with Gasteiger partial charge in [-0.1, -0.05) is 125 Å². The highest BCUT2D eigenvalue weighted by Crippen LogP contribution is 2.24. The van der Waals surface area contributed by atoms with E-state index in [1.54, 1.807) is 0 Å². The van der Waals surface area contributed by atoms with Gasteiger partial charge in [0.1, 0.15) is 12.7 Å². The molecule has 0 fully saturated rings. The van der Waals surface area contributed by atoms with Crippen LogP contribution in [-0.2, 0) is 13.1 Å². The summed E-state index contributed by atoms with van der Waals surface area (Å²) >= 11 is 0. The van der Waals surface area contributed by atoms with Crippen LogP contribution in [0.25, 0.3) is 18.2 Å². The maximum Gasteiger partial charge on any atom is 0.173 e. The Morgan fingerprint density at radius 1 is 0.569 bits per heavy atom. The van der Waals surface area contributed by atoms with Gasteiger partial charge in [0.15, 0.2) is 18.9 Å². The number of allylic oxidation sites excluding steroid dienone is 3. The SMILES string of the molecule is CN(CCSSCCN(C)c1ccc(/C=C/c2cc[n+](Cc3ccccc3)cc2)cc1)c1ccc(/C=C/C2=C[NH+](Cc3ccccc3)C=C2)cc1. The summed E-state index contributed by atoms with van der Waals surface area (Å²) in [5.74, 6) is 2.17. The summed E-state index contributed by atoms with van der Waals surface area (Å²) in [4.78, 5) is 6.04. The maximum absolute atomic E-state index is 2.34. The number of hydrogen-bond acceptors (Lipinski definition) is 4. The predicted octanol–water partition coefficient (Wildman–Crippen LogP) is 8.66. The number of anilines is 2. The van der Waals surface area contributed by atoms with Crippen molar-refractivity contribution in [1.82, 2.24) is 0 Å². The quantitative estimate of drug-likeness (QED) is 0.0591. The maximum atomic E-state index is 2.34. The fourth-order valence-corrected chi connectivity index (χ4v) is 7.91. The standard InChI is InChI=1S/C45H47N4S2/c1-46(44-21-17-38(18-22-44)13-14-40-25-28-48(29-26-40)35-41-9-5-3-6-10-41)31-33-50-51-34-32-47(2)45-23-19-39(20-24-45)15-16-43-27-30-49(37-43)36-42-11-7-4-8-12-42/h3-30,37H,31-36H2,1-2H3/q+1/p+1/b16-15+. The molecule has 0 saturated carbocycles. The second-order valence-electron chi connectivity index (χ2n) is 12.8. The third-order valence-corrected chi connectivity index (χ3v) is 11.3. The number of benzene rings is 4. The first-order valence-electron chi connectivity index (χ1n) is 17.6. The summed E-state index contributed by atoms with van der Waals surface area (Å²) in [6.07, 6.45) is 19.8. The third kappa shape index (κ3) is 11.6. The van der Waals surface area contributed by atoms with E-state index < -0.39 is 0 Å². The molecule has 1 unspecified atom stereocenters. The topological polar surface area (TPSA) is 14.8 Å². The lowest BCUT2D eigenvalue weighted by atomic mass is 10.1. The van der Waals surface area contributed by atoms with Gasteiger partial charge in [-0.3, -0.25) is 4.90 Å². The summed E-state index contributed by atoms with van der Waals surface area (Å²) in [5, 5.41) is 0. The Hall–Kier alpha value is -4.75. The summed E-state index contributed by atoms with van der Waals surface area (Å²) < 4.78 is 2.21. The van der Waals surface area contributed by atoms with Crippen LogP contribution in [-0.4, -0.2) is 38.7 Å². The highest BCUT2D eigenvalue weighted by atomic mass is 33.1. The van der Waals surface area contributed by atoms with Gasteiger partial charge < -0.3 is 9.80 Å². The van der Waals surface area contributed by atoms with Crippen LogP contribution in [0.4, 0.5) is 11.4 Å². The van der Waals surface area contributed by atoms with Crippen LogP contribution in [0.15, 0.2) is 164 Å². The molecule has 1 atom stereocenters. The molecule has 1 aromatic heterocycles. The number of hydrogen-bond donors (Lipinski definition) is 1. The fourth-order valence-electron chi connectivity index (χ4n) is 5.83. The Balaban J connectivity index is 0.852. The van der Waals surface area contributed by atoms with Gasteiger partial charge in [0, 0.05) is 85.0 Å². The van der Waals surface area contributed by atoms with Crippen LogP contribution in [0.5, 0.6) is 0 Å². The minimum Gasteiger partial charge on any atom is -0.374 e. The molecule has 0 radical (unpaired) electrons. The second-order valence-corrected chi connectivity index (χ2v) is 15.5. The normalized spacial score (nSPS) is 14.0. The molecule has 0 spiro atoms. The van der Waals surface area contributed by atoms with Gasteiger partial charge >= 0.3 is 0 Å². The first kappa shape index (κ1) is 36.1. The van der Waals surface area contributed by atoms with E-state index in [1.165, 1.54) is 49.7 Å². The van der Waals surface area contributed by atoms with Gasteiger partial charge in [-0.05, 0) is 47.0 Å². The van der Waals surface area contributed by atoms with Gasteiger partial charge in [0.2, 0.25) is 0 Å². The zero-order valence-electron chi connectivity index (χ0n) is 29.6. The van der Waals surface area contributed by atoms with Crippen LogP contribution in [0.1, 0.15) is 27.8 Å². The summed E-state index contributed by atoms with van der Waals surface area (Å²) in [5.41, 5.74) is 10.0. The van der Waals surface area contributed by atoms with Crippen molar-refractivity contribution in [2.75, 3.05) is 48.5 Å². The third-order valence-electron chi connectivity index (χ3n) is 8.93. The Kier molecular flexibility index (Phi) is 13.4. The number of aromatic nitrogens is 1. The Morgan fingerprint density at radius 3 is 1.61 bits per heavy atom. The lowest BCUT2D eigenvalue weighted by Gasteiger charge is -2.20. The molecule has 0 aliphatic carbocycles. The molecule has 1 aliphatic rings. The monoisotopic (exact) mass is 708 g/mol. The van der Waals surface area contributed by atoms with E-state index >= 15 is 0 Å². The lowest BCUT2D eigenvalue weighted by Crippen LogP contribution is -3.00. The molecule has 6 heteroatoms. The molecule has 4 nitrogen and oxygen atoms in total. The van der Waals surface area contributed by atoms with Crippen LogP contribution < -0.4 is 19.3 Å². The van der Waals surface area contributed by atoms with E-state index in [4.69, 9.17) is 0 Å². The molecule has 51 heavy (non-hydrogen) atoms. The number of nitrogens with one attached hydrogen (secondary N) is 1. The molecule has 0 amide bonds. The van der Waals surface area contributed by atoms with E-state index in [0.717, 1.165) is 37.7 Å².